The minimum Gasteiger partial charge on any atom is -0.480 e. The largest absolute Gasteiger partial charge is 0.480 e. The number of nitrogens with zero attached hydrogens (tertiary/aromatic N) is 1. The molecule has 14 heavy (non-hydrogen) atoms. The van der Waals surface area contributed by atoms with Crippen molar-refractivity contribution < 1.29 is 14.7 Å². The Bertz CT molecular complexity index is 315. The number of amides is 1. The molecule has 2 heterocycles. The Balaban J connectivity index is 2.32. The van der Waals surface area contributed by atoms with Crippen molar-refractivity contribution in [3.05, 3.63) is 0 Å². The van der Waals surface area contributed by atoms with Crippen LogP contribution in [0.3, 0.4) is 0 Å². The van der Waals surface area contributed by atoms with Crippen LogP contribution in [0.2, 0.25) is 0 Å². The quantitative estimate of drug-likeness (QED) is 0.656. The first-order valence-corrected chi connectivity index (χ1v) is 5.47. The van der Waals surface area contributed by atoms with Gasteiger partial charge in [-0.2, -0.15) is 0 Å². The molecular formula is C9H13NO3S. The second kappa shape index (κ2) is 2.66. The zero-order chi connectivity index (χ0) is 10.7. The molecule has 1 N–H and O–H groups in total. The third kappa shape index (κ3) is 1.02. The molecule has 2 rings (SSSR count). The molecule has 0 bridgehead atoms. The number of carboxylic acid groups (broad SMARTS) is 1. The summed E-state index contributed by atoms with van der Waals surface area (Å²) in [6.45, 7) is 5.63. The van der Waals surface area contributed by atoms with E-state index in [2.05, 4.69) is 0 Å². The maximum Gasteiger partial charge on any atom is 0.327 e. The summed E-state index contributed by atoms with van der Waals surface area (Å²) in [5.74, 6) is -0.950. The van der Waals surface area contributed by atoms with Gasteiger partial charge >= 0.3 is 5.97 Å². The average Bonchev–Trinajstić information content (AvgIpc) is 2.34. The lowest BCUT2D eigenvalue weighted by Crippen LogP contribution is -2.61. The summed E-state index contributed by atoms with van der Waals surface area (Å²) in [5, 5.41) is 9.14. The maximum absolute atomic E-state index is 11.5. The van der Waals surface area contributed by atoms with E-state index in [-0.39, 0.29) is 21.9 Å². The third-order valence-corrected chi connectivity index (χ3v) is 4.65. The number of fused-ring (bicyclic) bond motifs is 1. The molecule has 0 aromatic heterocycles. The third-order valence-electron chi connectivity index (χ3n) is 2.94. The Morgan fingerprint density at radius 2 is 2.14 bits per heavy atom. The van der Waals surface area contributed by atoms with E-state index in [1.165, 1.54) is 4.90 Å². The lowest BCUT2D eigenvalue weighted by Gasteiger charge is -2.41. The zero-order valence-corrected chi connectivity index (χ0v) is 9.17. The summed E-state index contributed by atoms with van der Waals surface area (Å²) in [7, 11) is 0. The predicted octanol–water partition coefficient (Wildman–Crippen LogP) is 0.769. The lowest BCUT2D eigenvalue weighted by atomic mass is 9.93. The van der Waals surface area contributed by atoms with Gasteiger partial charge in [-0.3, -0.25) is 4.79 Å². The van der Waals surface area contributed by atoms with Crippen molar-refractivity contribution in [2.75, 3.05) is 0 Å². The highest BCUT2D eigenvalue weighted by Gasteiger charge is 2.62. The average molecular weight is 215 g/mol. The van der Waals surface area contributed by atoms with Gasteiger partial charge in [-0.25, -0.2) is 4.79 Å². The van der Waals surface area contributed by atoms with Crippen molar-refractivity contribution in [2.45, 2.75) is 36.9 Å². The van der Waals surface area contributed by atoms with Crippen LogP contribution in [0.1, 0.15) is 20.8 Å². The van der Waals surface area contributed by atoms with Crippen LogP contribution in [-0.4, -0.2) is 38.0 Å². The molecule has 2 fully saturated rings. The second-order valence-electron chi connectivity index (χ2n) is 4.39. The van der Waals surface area contributed by atoms with Crippen LogP contribution in [0.25, 0.3) is 0 Å². The van der Waals surface area contributed by atoms with E-state index < -0.39 is 12.0 Å². The SMILES string of the molecule is CC1C(=O)N2[C@@H]1SC(C)(C)[C@@H]2C(=O)O. The molecular weight excluding hydrogens is 202 g/mol. The van der Waals surface area contributed by atoms with Gasteiger partial charge in [0.1, 0.15) is 6.04 Å². The number of hydrogen-bond donors (Lipinski definition) is 1. The summed E-state index contributed by atoms with van der Waals surface area (Å²) in [6.07, 6.45) is 0. The maximum atomic E-state index is 11.5. The normalized spacial score (nSPS) is 39.2. The van der Waals surface area contributed by atoms with Crippen LogP contribution in [0.15, 0.2) is 0 Å². The van der Waals surface area contributed by atoms with Crippen LogP contribution in [0.4, 0.5) is 0 Å². The van der Waals surface area contributed by atoms with E-state index in [0.29, 0.717) is 0 Å². The number of thioether (sulfide) groups is 1. The lowest BCUT2D eigenvalue weighted by molar-refractivity contribution is -0.162. The predicted molar refractivity (Wildman–Crippen MR) is 52.9 cm³/mol. The molecule has 1 unspecified atom stereocenters. The van der Waals surface area contributed by atoms with E-state index in [9.17, 15) is 9.59 Å². The van der Waals surface area contributed by atoms with Gasteiger partial charge < -0.3 is 10.0 Å². The summed E-state index contributed by atoms with van der Waals surface area (Å²) >= 11 is 1.59. The minimum absolute atomic E-state index is 0.0244. The molecule has 78 valence electrons. The summed E-state index contributed by atoms with van der Waals surface area (Å²) in [4.78, 5) is 24.1. The Kier molecular flexibility index (Phi) is 1.86. The fraction of sp³-hybridized carbons (Fsp3) is 0.778. The highest BCUT2D eigenvalue weighted by Crippen LogP contribution is 2.52. The molecule has 0 spiro atoms. The van der Waals surface area contributed by atoms with Gasteiger partial charge in [0.2, 0.25) is 5.91 Å². The fourth-order valence-electron chi connectivity index (χ4n) is 2.20. The second-order valence-corrected chi connectivity index (χ2v) is 6.16. The van der Waals surface area contributed by atoms with Gasteiger partial charge in [-0.1, -0.05) is 6.92 Å². The number of β-lactam (4-membered cyclic amide) rings is 1. The first-order valence-electron chi connectivity index (χ1n) is 4.59. The summed E-state index contributed by atoms with van der Waals surface area (Å²) in [6, 6.07) is -0.666. The number of carboxylic acids is 1. The number of carbonyl (C=O) groups excluding carboxylic acids is 1. The van der Waals surface area contributed by atoms with E-state index >= 15 is 0 Å². The topological polar surface area (TPSA) is 57.6 Å². The molecule has 2 aliphatic rings. The number of rotatable bonds is 1. The van der Waals surface area contributed by atoms with Gasteiger partial charge in [0.15, 0.2) is 0 Å². The standard InChI is InChI=1S/C9H13NO3S/c1-4-6(11)10-5(8(12)13)9(2,3)14-7(4)10/h4-5,7H,1-3H3,(H,12,13)/t4?,5-,7+/m0/s1. The van der Waals surface area contributed by atoms with E-state index in [1.54, 1.807) is 11.8 Å². The molecule has 2 saturated heterocycles. The molecule has 5 heteroatoms. The van der Waals surface area contributed by atoms with Gasteiger partial charge in [0.25, 0.3) is 0 Å². The molecule has 0 aromatic carbocycles. The van der Waals surface area contributed by atoms with Crippen molar-refractivity contribution in [1.29, 1.82) is 0 Å². The highest BCUT2D eigenvalue weighted by molar-refractivity contribution is 8.01. The Hall–Kier alpha value is -0.710. The number of aliphatic carboxylic acids is 1. The minimum atomic E-state index is -0.898. The summed E-state index contributed by atoms with van der Waals surface area (Å²) < 4.78 is -0.378. The van der Waals surface area contributed by atoms with Crippen LogP contribution in [0, 0.1) is 5.92 Å². The number of carbonyl (C=O) groups is 2. The molecule has 0 aliphatic carbocycles. The smallest absolute Gasteiger partial charge is 0.327 e. The van der Waals surface area contributed by atoms with Gasteiger partial charge in [0.05, 0.1) is 11.3 Å². The summed E-state index contributed by atoms with van der Waals surface area (Å²) in [5.41, 5.74) is 0. The highest BCUT2D eigenvalue weighted by atomic mass is 32.2. The van der Waals surface area contributed by atoms with Crippen molar-refractivity contribution in [3.63, 3.8) is 0 Å². The molecule has 4 nitrogen and oxygen atoms in total. The van der Waals surface area contributed by atoms with Crippen LogP contribution in [0.5, 0.6) is 0 Å². The number of hydrogen-bond acceptors (Lipinski definition) is 3. The first-order chi connectivity index (χ1) is 6.36. The fourth-order valence-corrected chi connectivity index (χ4v) is 3.83. The zero-order valence-electron chi connectivity index (χ0n) is 8.35. The van der Waals surface area contributed by atoms with Gasteiger partial charge in [-0.05, 0) is 13.8 Å². The van der Waals surface area contributed by atoms with Crippen LogP contribution < -0.4 is 0 Å². The van der Waals surface area contributed by atoms with E-state index in [1.807, 2.05) is 20.8 Å². The Morgan fingerprint density at radius 1 is 1.57 bits per heavy atom. The Labute approximate surface area is 86.6 Å². The molecule has 1 amide bonds. The first kappa shape index (κ1) is 9.83. The van der Waals surface area contributed by atoms with Crippen molar-refractivity contribution >= 4 is 23.6 Å². The molecule has 0 radical (unpaired) electrons. The van der Waals surface area contributed by atoms with Crippen molar-refractivity contribution in [3.8, 4) is 0 Å². The van der Waals surface area contributed by atoms with Crippen LogP contribution in [-0.2, 0) is 9.59 Å². The van der Waals surface area contributed by atoms with E-state index in [0.717, 1.165) is 0 Å². The van der Waals surface area contributed by atoms with E-state index in [4.69, 9.17) is 5.11 Å². The Morgan fingerprint density at radius 3 is 2.64 bits per heavy atom. The molecule has 0 saturated carbocycles. The monoisotopic (exact) mass is 215 g/mol. The van der Waals surface area contributed by atoms with Crippen molar-refractivity contribution in [2.24, 2.45) is 5.92 Å². The molecule has 3 atom stereocenters. The van der Waals surface area contributed by atoms with Crippen LogP contribution >= 0.6 is 11.8 Å². The molecule has 0 aromatic rings. The van der Waals surface area contributed by atoms with Gasteiger partial charge in [-0.15, -0.1) is 11.8 Å². The molecule has 2 aliphatic heterocycles. The van der Waals surface area contributed by atoms with Gasteiger partial charge in [0, 0.05) is 4.75 Å². The van der Waals surface area contributed by atoms with Crippen molar-refractivity contribution in [1.82, 2.24) is 4.90 Å².